The van der Waals surface area contributed by atoms with E-state index < -0.39 is 16.5 Å². The van der Waals surface area contributed by atoms with Crippen LogP contribution >= 0.6 is 0 Å². The molecule has 1 aliphatic rings. The third-order valence-corrected chi connectivity index (χ3v) is 3.89. The van der Waals surface area contributed by atoms with Crippen LogP contribution in [0.3, 0.4) is 0 Å². The van der Waals surface area contributed by atoms with Gasteiger partial charge in [-0.1, -0.05) is 0 Å². The summed E-state index contributed by atoms with van der Waals surface area (Å²) < 4.78 is 5.24. The first kappa shape index (κ1) is 18.7. The lowest BCUT2D eigenvalue weighted by Gasteiger charge is -2.35. The lowest BCUT2D eigenvalue weighted by atomic mass is 10.1. The first-order valence-electron chi connectivity index (χ1n) is 8.11. The molecule has 2 rings (SSSR count). The number of nitro benzene ring substituents is 1. The SMILES string of the molecule is CC(=O)N1CCN(c2ccc(C(=O)OC(C)(C)C)c([N+](=O)[O-])c2)CC1. The van der Waals surface area contributed by atoms with Crippen molar-refractivity contribution < 1.29 is 19.2 Å². The summed E-state index contributed by atoms with van der Waals surface area (Å²) in [5.41, 5.74) is -0.416. The summed E-state index contributed by atoms with van der Waals surface area (Å²) in [6, 6.07) is 4.50. The van der Waals surface area contributed by atoms with Crippen LogP contribution in [-0.2, 0) is 9.53 Å². The van der Waals surface area contributed by atoms with Gasteiger partial charge in [0.05, 0.1) is 4.92 Å². The van der Waals surface area contributed by atoms with Gasteiger partial charge in [0.25, 0.3) is 5.69 Å². The fourth-order valence-electron chi connectivity index (χ4n) is 2.65. The van der Waals surface area contributed by atoms with Crippen molar-refractivity contribution in [3.63, 3.8) is 0 Å². The van der Waals surface area contributed by atoms with Gasteiger partial charge in [0.1, 0.15) is 11.2 Å². The van der Waals surface area contributed by atoms with Gasteiger partial charge in [0.15, 0.2) is 0 Å². The molecule has 8 nitrogen and oxygen atoms in total. The molecule has 1 saturated heterocycles. The highest BCUT2D eigenvalue weighted by Gasteiger charge is 2.27. The minimum atomic E-state index is -0.730. The van der Waals surface area contributed by atoms with E-state index in [0.717, 1.165) is 0 Å². The molecule has 0 saturated carbocycles. The summed E-state index contributed by atoms with van der Waals surface area (Å²) >= 11 is 0. The van der Waals surface area contributed by atoms with E-state index in [1.54, 1.807) is 31.7 Å². The van der Waals surface area contributed by atoms with E-state index in [9.17, 15) is 19.7 Å². The van der Waals surface area contributed by atoms with Gasteiger partial charge < -0.3 is 14.5 Å². The van der Waals surface area contributed by atoms with Crippen molar-refractivity contribution in [2.45, 2.75) is 33.3 Å². The van der Waals surface area contributed by atoms with Gasteiger partial charge in [-0.25, -0.2) is 4.79 Å². The van der Waals surface area contributed by atoms with Gasteiger partial charge in [-0.15, -0.1) is 0 Å². The number of nitrogens with zero attached hydrogens (tertiary/aromatic N) is 3. The molecule has 0 spiro atoms. The molecular formula is C17H23N3O5. The summed E-state index contributed by atoms with van der Waals surface area (Å²) in [6.45, 7) is 8.95. The first-order chi connectivity index (χ1) is 11.6. The van der Waals surface area contributed by atoms with Crippen LogP contribution < -0.4 is 4.90 Å². The normalized spacial score (nSPS) is 15.0. The van der Waals surface area contributed by atoms with E-state index in [1.807, 2.05) is 4.90 Å². The molecule has 1 aromatic carbocycles. The lowest BCUT2D eigenvalue weighted by molar-refractivity contribution is -0.385. The number of carbonyl (C=O) groups excluding carboxylic acids is 2. The minimum absolute atomic E-state index is 0.0194. The number of piperazine rings is 1. The highest BCUT2D eigenvalue weighted by Crippen LogP contribution is 2.28. The Labute approximate surface area is 146 Å². The third kappa shape index (κ3) is 4.68. The molecule has 0 radical (unpaired) electrons. The number of esters is 1. The highest BCUT2D eigenvalue weighted by molar-refractivity contribution is 5.95. The molecule has 0 N–H and O–H groups in total. The Bertz CT molecular complexity index is 688. The van der Waals surface area contributed by atoms with Gasteiger partial charge >= 0.3 is 5.97 Å². The van der Waals surface area contributed by atoms with Crippen molar-refractivity contribution in [1.29, 1.82) is 0 Å². The lowest BCUT2D eigenvalue weighted by Crippen LogP contribution is -2.48. The number of amides is 1. The second kappa shape index (κ2) is 7.08. The predicted octanol–water partition coefficient (Wildman–Crippen LogP) is 2.22. The van der Waals surface area contributed by atoms with Crippen LogP contribution in [-0.4, -0.2) is 53.5 Å². The minimum Gasteiger partial charge on any atom is -0.456 e. The molecule has 0 atom stereocenters. The Balaban J connectivity index is 2.23. The number of hydrogen-bond acceptors (Lipinski definition) is 6. The molecule has 8 heteroatoms. The van der Waals surface area contributed by atoms with Gasteiger partial charge in [-0.05, 0) is 32.9 Å². The zero-order chi connectivity index (χ0) is 18.8. The number of rotatable bonds is 3. The van der Waals surface area contributed by atoms with Crippen LogP contribution in [0.25, 0.3) is 0 Å². The summed E-state index contributed by atoms with van der Waals surface area (Å²) in [7, 11) is 0. The smallest absolute Gasteiger partial charge is 0.345 e. The Kier molecular flexibility index (Phi) is 5.30. The molecule has 136 valence electrons. The summed E-state index contributed by atoms with van der Waals surface area (Å²) in [6.07, 6.45) is 0. The standard InChI is InChI=1S/C17H23N3O5/c1-12(21)18-7-9-19(10-8-18)13-5-6-14(15(11-13)20(23)24)16(22)25-17(2,3)4/h5-6,11H,7-10H2,1-4H3. The Morgan fingerprint density at radius 3 is 2.24 bits per heavy atom. The quantitative estimate of drug-likeness (QED) is 0.472. The van der Waals surface area contributed by atoms with Gasteiger partial charge in [0.2, 0.25) is 5.91 Å². The number of nitro groups is 1. The maximum Gasteiger partial charge on any atom is 0.345 e. The molecule has 0 unspecified atom stereocenters. The summed E-state index contributed by atoms with van der Waals surface area (Å²) in [4.78, 5) is 38.1. The van der Waals surface area contributed by atoms with E-state index >= 15 is 0 Å². The number of anilines is 1. The van der Waals surface area contributed by atoms with Gasteiger partial charge in [-0.2, -0.15) is 0 Å². The fourth-order valence-corrected chi connectivity index (χ4v) is 2.65. The maximum absolute atomic E-state index is 12.2. The zero-order valence-electron chi connectivity index (χ0n) is 14.9. The van der Waals surface area contributed by atoms with E-state index in [0.29, 0.717) is 31.9 Å². The second-order valence-corrected chi connectivity index (χ2v) is 6.95. The van der Waals surface area contributed by atoms with Crippen molar-refractivity contribution in [2.24, 2.45) is 0 Å². The molecule has 1 fully saturated rings. The zero-order valence-corrected chi connectivity index (χ0v) is 14.9. The summed E-state index contributed by atoms with van der Waals surface area (Å²) in [5, 5.41) is 11.4. The van der Waals surface area contributed by atoms with E-state index in [1.165, 1.54) is 19.1 Å². The predicted molar refractivity (Wildman–Crippen MR) is 92.7 cm³/mol. The van der Waals surface area contributed by atoms with Crippen molar-refractivity contribution in [3.8, 4) is 0 Å². The highest BCUT2D eigenvalue weighted by atomic mass is 16.6. The van der Waals surface area contributed by atoms with E-state index in [2.05, 4.69) is 0 Å². The van der Waals surface area contributed by atoms with Crippen LogP contribution in [0, 0.1) is 10.1 Å². The fraction of sp³-hybridized carbons (Fsp3) is 0.529. The van der Waals surface area contributed by atoms with Gasteiger partial charge in [-0.3, -0.25) is 14.9 Å². The molecule has 25 heavy (non-hydrogen) atoms. The van der Waals surface area contributed by atoms with Crippen molar-refractivity contribution in [2.75, 3.05) is 31.1 Å². The monoisotopic (exact) mass is 349 g/mol. The maximum atomic E-state index is 12.2. The van der Waals surface area contributed by atoms with E-state index in [-0.39, 0.29) is 17.2 Å². The Hall–Kier alpha value is -2.64. The number of ether oxygens (including phenoxy) is 1. The molecular weight excluding hydrogens is 326 g/mol. The molecule has 1 aromatic rings. The van der Waals surface area contributed by atoms with Crippen LogP contribution in [0.15, 0.2) is 18.2 Å². The number of benzene rings is 1. The second-order valence-electron chi connectivity index (χ2n) is 6.95. The molecule has 0 aromatic heterocycles. The third-order valence-electron chi connectivity index (χ3n) is 3.89. The largest absolute Gasteiger partial charge is 0.456 e. The number of carbonyl (C=O) groups is 2. The topological polar surface area (TPSA) is 93.0 Å². The Morgan fingerprint density at radius 1 is 1.16 bits per heavy atom. The van der Waals surface area contributed by atoms with Crippen LogP contribution in [0.2, 0.25) is 0 Å². The van der Waals surface area contributed by atoms with E-state index in [4.69, 9.17) is 4.74 Å². The summed E-state index contributed by atoms with van der Waals surface area (Å²) in [5.74, 6) is -0.696. The molecule has 1 aliphatic heterocycles. The Morgan fingerprint density at radius 2 is 1.76 bits per heavy atom. The van der Waals surface area contributed by atoms with Crippen LogP contribution in [0.4, 0.5) is 11.4 Å². The molecule has 1 amide bonds. The molecule has 0 aliphatic carbocycles. The van der Waals surface area contributed by atoms with Crippen molar-refractivity contribution in [3.05, 3.63) is 33.9 Å². The molecule has 1 heterocycles. The van der Waals surface area contributed by atoms with Crippen molar-refractivity contribution >= 4 is 23.3 Å². The average Bonchev–Trinajstić information content (AvgIpc) is 2.52. The molecule has 0 bridgehead atoms. The number of hydrogen-bond donors (Lipinski definition) is 0. The van der Waals surface area contributed by atoms with Crippen molar-refractivity contribution in [1.82, 2.24) is 4.90 Å². The van der Waals surface area contributed by atoms with Crippen LogP contribution in [0.5, 0.6) is 0 Å². The van der Waals surface area contributed by atoms with Gasteiger partial charge in [0, 0.05) is 44.9 Å². The van der Waals surface area contributed by atoms with Crippen LogP contribution in [0.1, 0.15) is 38.1 Å². The average molecular weight is 349 g/mol. The first-order valence-corrected chi connectivity index (χ1v) is 8.11.